The van der Waals surface area contributed by atoms with Gasteiger partial charge in [0.25, 0.3) is 0 Å². The van der Waals surface area contributed by atoms with E-state index in [1.807, 2.05) is 0 Å². The van der Waals surface area contributed by atoms with E-state index in [4.69, 9.17) is 0 Å². The molecule has 0 saturated carbocycles. The van der Waals surface area contributed by atoms with Crippen molar-refractivity contribution in [2.75, 3.05) is 20.2 Å². The van der Waals surface area contributed by atoms with Gasteiger partial charge in [-0.05, 0) is 52.7 Å². The zero-order valence-electron chi connectivity index (χ0n) is 20.5. The van der Waals surface area contributed by atoms with E-state index in [-0.39, 0.29) is 22.3 Å². The van der Waals surface area contributed by atoms with Crippen molar-refractivity contribution >= 4 is 37.9 Å². The van der Waals surface area contributed by atoms with Crippen LogP contribution in [0.2, 0.25) is 0 Å². The Morgan fingerprint density at radius 2 is 1.61 bits per heavy atom. The zero-order chi connectivity index (χ0) is 25.2. The first-order valence-corrected chi connectivity index (χ1v) is 14.1. The highest BCUT2D eigenvalue weighted by Crippen LogP contribution is 2.41. The van der Waals surface area contributed by atoms with E-state index >= 15 is 0 Å². The molecule has 0 radical (unpaired) electrons. The number of allylic oxidation sites excluding steroid dienone is 9. The maximum Gasteiger partial charge on any atom is 0.0728 e. The van der Waals surface area contributed by atoms with Crippen LogP contribution in [0.5, 0.6) is 0 Å². The maximum absolute atomic E-state index is 9.48. The van der Waals surface area contributed by atoms with Crippen LogP contribution in [0.15, 0.2) is 114 Å². The highest BCUT2D eigenvalue weighted by Gasteiger charge is 2.31. The van der Waals surface area contributed by atoms with Gasteiger partial charge in [-0.2, -0.15) is 0 Å². The number of alkyl halides is 2. The van der Waals surface area contributed by atoms with Gasteiger partial charge in [0.1, 0.15) is 0 Å². The molecule has 2 aliphatic heterocycles. The van der Waals surface area contributed by atoms with Crippen molar-refractivity contribution in [1.82, 2.24) is 14.4 Å². The number of aliphatic hydroxyl groups excluding tert-OH is 1. The summed E-state index contributed by atoms with van der Waals surface area (Å²) in [6, 6.07) is 4.83. The molecule has 0 fully saturated rings. The van der Waals surface area contributed by atoms with Gasteiger partial charge in [0, 0.05) is 44.4 Å². The fourth-order valence-electron chi connectivity index (χ4n) is 5.19. The standard InChI is InChI=1S/C30H31Br2N3O/c1-33-17-15-21(23-7-3-5-9-26(23)33)11-12-22-13-14-28(34(22)2)30(32)29(31)25-16-18-35(19-20-36)27-10-6-4-8-24(25)27/h3-18,26-27,29-30,36H,19-20H2,1-2H3. The highest BCUT2D eigenvalue weighted by atomic mass is 79.9. The predicted molar refractivity (Wildman–Crippen MR) is 157 cm³/mol. The molecule has 0 amide bonds. The fraction of sp³-hybridized carbons (Fsp3) is 0.267. The van der Waals surface area contributed by atoms with E-state index in [0.717, 1.165) is 5.69 Å². The summed E-state index contributed by atoms with van der Waals surface area (Å²) in [6.45, 7) is 0.753. The third-order valence-corrected chi connectivity index (χ3v) is 9.95. The Labute approximate surface area is 230 Å². The zero-order valence-corrected chi connectivity index (χ0v) is 23.7. The average Bonchev–Trinajstić information content (AvgIpc) is 3.28. The first kappa shape index (κ1) is 25.1. The molecule has 1 aromatic rings. The van der Waals surface area contributed by atoms with Crippen LogP contribution >= 0.6 is 31.9 Å². The number of β-amino-alcohol motifs (C(OH)–C–C–N with tert-alkyl or cyclic N) is 1. The molecule has 4 atom stereocenters. The van der Waals surface area contributed by atoms with Gasteiger partial charge < -0.3 is 19.5 Å². The summed E-state index contributed by atoms with van der Waals surface area (Å²) in [7, 11) is 4.24. The molecular weight excluding hydrogens is 578 g/mol. The molecule has 2 aliphatic carbocycles. The van der Waals surface area contributed by atoms with Crippen LogP contribution in [-0.2, 0) is 7.05 Å². The lowest BCUT2D eigenvalue weighted by molar-refractivity contribution is 0.226. The summed E-state index contributed by atoms with van der Waals surface area (Å²) >= 11 is 8.00. The SMILES string of the molecule is CN1C=CC(C=Cc2ccc(C(Br)C(Br)C3=C4C=CC=CC4N(CCO)C=C3)n2C)=C2C=CC=CC21. The Kier molecular flexibility index (Phi) is 7.56. The van der Waals surface area contributed by atoms with Crippen LogP contribution in [0, 0.1) is 0 Å². The van der Waals surface area contributed by atoms with Gasteiger partial charge in [-0.25, -0.2) is 0 Å². The topological polar surface area (TPSA) is 31.6 Å². The molecule has 4 unspecified atom stereocenters. The summed E-state index contributed by atoms with van der Waals surface area (Å²) in [6.07, 6.45) is 30.2. The van der Waals surface area contributed by atoms with E-state index in [0.29, 0.717) is 12.6 Å². The minimum atomic E-state index is 0.0854. The molecule has 6 heteroatoms. The van der Waals surface area contributed by atoms with Crippen molar-refractivity contribution in [2.24, 2.45) is 7.05 Å². The maximum atomic E-state index is 9.48. The molecule has 1 N–H and O–H groups in total. The summed E-state index contributed by atoms with van der Waals surface area (Å²) < 4.78 is 2.26. The molecule has 1 aromatic heterocycles. The van der Waals surface area contributed by atoms with Crippen molar-refractivity contribution in [3.05, 3.63) is 125 Å². The molecular formula is C30H31Br2N3O. The smallest absolute Gasteiger partial charge is 0.0728 e. The number of fused-ring (bicyclic) bond motifs is 2. The minimum Gasteiger partial charge on any atom is -0.395 e. The van der Waals surface area contributed by atoms with Gasteiger partial charge in [0.2, 0.25) is 0 Å². The Morgan fingerprint density at radius 1 is 0.861 bits per heavy atom. The number of likely N-dealkylation sites (N-methyl/N-ethyl adjacent to an activating group) is 1. The number of rotatable bonds is 7. The number of nitrogens with zero attached hydrogens (tertiary/aromatic N) is 3. The molecule has 0 spiro atoms. The third-order valence-electron chi connectivity index (χ3n) is 7.22. The number of aromatic nitrogens is 1. The third kappa shape index (κ3) is 4.74. The predicted octanol–water partition coefficient (Wildman–Crippen LogP) is 6.10. The second-order valence-corrected chi connectivity index (χ2v) is 11.3. The normalized spacial score (nSPS) is 24.2. The first-order chi connectivity index (χ1) is 17.5. The van der Waals surface area contributed by atoms with Crippen LogP contribution in [-0.4, -0.2) is 56.6 Å². The van der Waals surface area contributed by atoms with Gasteiger partial charge in [0.15, 0.2) is 0 Å². The van der Waals surface area contributed by atoms with Gasteiger partial charge in [-0.1, -0.05) is 86.5 Å². The van der Waals surface area contributed by atoms with Crippen molar-refractivity contribution in [2.45, 2.75) is 21.7 Å². The summed E-state index contributed by atoms with van der Waals surface area (Å²) in [5.74, 6) is 0. The van der Waals surface area contributed by atoms with Crippen molar-refractivity contribution < 1.29 is 5.11 Å². The molecule has 4 aliphatic rings. The van der Waals surface area contributed by atoms with Crippen LogP contribution in [0.25, 0.3) is 6.08 Å². The van der Waals surface area contributed by atoms with Crippen LogP contribution in [0.4, 0.5) is 0 Å². The molecule has 0 bridgehead atoms. The van der Waals surface area contributed by atoms with E-state index in [1.54, 1.807) is 0 Å². The second-order valence-electron chi connectivity index (χ2n) is 9.34. The largest absolute Gasteiger partial charge is 0.395 e. The van der Waals surface area contributed by atoms with Crippen molar-refractivity contribution in [1.29, 1.82) is 0 Å². The summed E-state index contributed by atoms with van der Waals surface area (Å²) in [5.41, 5.74) is 7.44. The van der Waals surface area contributed by atoms with Gasteiger partial charge in [-0.15, -0.1) is 0 Å². The lowest BCUT2D eigenvalue weighted by Gasteiger charge is -2.36. The van der Waals surface area contributed by atoms with Crippen LogP contribution in [0.1, 0.15) is 16.2 Å². The van der Waals surface area contributed by atoms with E-state index in [2.05, 4.69) is 158 Å². The number of halogens is 2. The van der Waals surface area contributed by atoms with Gasteiger partial charge >= 0.3 is 0 Å². The Balaban J connectivity index is 1.38. The minimum absolute atomic E-state index is 0.0854. The lowest BCUT2D eigenvalue weighted by atomic mass is 9.90. The Morgan fingerprint density at radius 3 is 2.39 bits per heavy atom. The number of hydrogen-bond acceptors (Lipinski definition) is 3. The summed E-state index contributed by atoms with van der Waals surface area (Å²) in [4.78, 5) is 4.59. The van der Waals surface area contributed by atoms with Crippen LogP contribution < -0.4 is 0 Å². The van der Waals surface area contributed by atoms with E-state index in [1.165, 1.54) is 28.0 Å². The highest BCUT2D eigenvalue weighted by molar-refractivity contribution is 9.12. The van der Waals surface area contributed by atoms with E-state index in [9.17, 15) is 5.11 Å². The van der Waals surface area contributed by atoms with Gasteiger partial charge in [-0.3, -0.25) is 0 Å². The fourth-order valence-corrected chi connectivity index (χ4v) is 6.63. The Bertz CT molecular complexity index is 1290. The second kappa shape index (κ2) is 10.8. The molecule has 3 heterocycles. The molecule has 0 aromatic carbocycles. The monoisotopic (exact) mass is 607 g/mol. The van der Waals surface area contributed by atoms with Gasteiger partial charge in [0.05, 0.1) is 28.3 Å². The molecule has 5 rings (SSSR count). The van der Waals surface area contributed by atoms with Crippen molar-refractivity contribution in [3.63, 3.8) is 0 Å². The quantitative estimate of drug-likeness (QED) is 0.380. The first-order valence-electron chi connectivity index (χ1n) is 12.2. The Hall–Kier alpha value is -2.54. The van der Waals surface area contributed by atoms with Crippen LogP contribution in [0.3, 0.4) is 0 Å². The molecule has 186 valence electrons. The molecule has 36 heavy (non-hydrogen) atoms. The van der Waals surface area contributed by atoms with Crippen molar-refractivity contribution in [3.8, 4) is 0 Å². The van der Waals surface area contributed by atoms with E-state index < -0.39 is 0 Å². The lowest BCUT2D eigenvalue weighted by Crippen LogP contribution is -2.37. The molecule has 4 nitrogen and oxygen atoms in total. The summed E-state index contributed by atoms with van der Waals surface area (Å²) in [5, 5.41) is 9.48. The average molecular weight is 609 g/mol. The molecule has 0 saturated heterocycles. The number of aliphatic hydroxyl groups is 1. The number of hydrogen-bond donors (Lipinski definition) is 1.